The summed E-state index contributed by atoms with van der Waals surface area (Å²) in [6, 6.07) is 9.81. The fourth-order valence-electron chi connectivity index (χ4n) is 4.31. The van der Waals surface area contributed by atoms with Crippen LogP contribution in [-0.2, 0) is 0 Å². The zero-order valence-electron chi connectivity index (χ0n) is 19.5. The van der Waals surface area contributed by atoms with E-state index in [1.165, 1.54) is 22.7 Å². The first kappa shape index (κ1) is 23.3. The Morgan fingerprint density at radius 1 is 1.14 bits per heavy atom. The van der Waals surface area contributed by atoms with Gasteiger partial charge in [-0.2, -0.15) is 5.10 Å². The number of amides is 2. The van der Waals surface area contributed by atoms with Crippen molar-refractivity contribution < 1.29 is 9.59 Å². The van der Waals surface area contributed by atoms with Gasteiger partial charge in [-0.25, -0.2) is 9.67 Å². The molecule has 35 heavy (non-hydrogen) atoms. The number of nitrogens with zero attached hydrogens (tertiary/aromatic N) is 7. The molecule has 1 aromatic carbocycles. The van der Waals surface area contributed by atoms with Gasteiger partial charge in [-0.05, 0) is 38.8 Å². The van der Waals surface area contributed by atoms with Gasteiger partial charge in [-0.3, -0.25) is 14.5 Å². The van der Waals surface area contributed by atoms with Gasteiger partial charge in [0, 0.05) is 30.9 Å². The predicted molar refractivity (Wildman–Crippen MR) is 136 cm³/mol. The molecule has 3 aromatic heterocycles. The van der Waals surface area contributed by atoms with E-state index in [1.807, 2.05) is 54.5 Å². The molecular formula is C24H25N7O2S2. The third-order valence-corrected chi connectivity index (χ3v) is 7.97. The maximum Gasteiger partial charge on any atom is 0.279 e. The molecule has 1 saturated heterocycles. The molecular weight excluding hydrogens is 482 g/mol. The van der Waals surface area contributed by atoms with Crippen LogP contribution in [0.25, 0.3) is 5.69 Å². The van der Waals surface area contributed by atoms with E-state index >= 15 is 0 Å². The Morgan fingerprint density at radius 2 is 1.91 bits per heavy atom. The van der Waals surface area contributed by atoms with Crippen molar-refractivity contribution in [3.63, 3.8) is 0 Å². The number of aromatic nitrogens is 5. The fourth-order valence-corrected chi connectivity index (χ4v) is 5.90. The summed E-state index contributed by atoms with van der Waals surface area (Å²) < 4.78 is 1.80. The second-order valence-corrected chi connectivity index (χ2v) is 10.0. The van der Waals surface area contributed by atoms with Crippen LogP contribution in [-0.4, -0.2) is 61.3 Å². The normalized spacial score (nSPS) is 14.3. The number of hydrogen-bond acceptors (Lipinski definition) is 8. The average molecular weight is 508 g/mol. The first-order valence-corrected chi connectivity index (χ1v) is 13.3. The minimum absolute atomic E-state index is 0.00813. The number of thiazole rings is 1. The molecule has 180 valence electrons. The van der Waals surface area contributed by atoms with Crippen molar-refractivity contribution in [2.75, 3.05) is 24.5 Å². The minimum atomic E-state index is -0.162. The molecule has 4 aromatic rings. The lowest BCUT2D eigenvalue weighted by Crippen LogP contribution is -2.38. The molecule has 0 unspecified atom stereocenters. The molecule has 0 spiro atoms. The quantitative estimate of drug-likeness (QED) is 0.389. The summed E-state index contributed by atoms with van der Waals surface area (Å²) in [5.74, 6) is 0.0781. The molecule has 2 amide bonds. The lowest BCUT2D eigenvalue weighted by molar-refractivity contribution is 0.0712. The molecule has 0 bridgehead atoms. The zero-order valence-corrected chi connectivity index (χ0v) is 21.1. The topological polar surface area (TPSA) is 97.1 Å². The van der Waals surface area contributed by atoms with Gasteiger partial charge in [0.05, 0.1) is 28.1 Å². The van der Waals surface area contributed by atoms with Gasteiger partial charge in [0.2, 0.25) is 5.13 Å². The van der Waals surface area contributed by atoms with E-state index < -0.39 is 0 Å². The Bertz CT molecular complexity index is 1310. The summed E-state index contributed by atoms with van der Waals surface area (Å²) in [4.78, 5) is 34.3. The maximum absolute atomic E-state index is 13.2. The van der Waals surface area contributed by atoms with Crippen LogP contribution in [0.5, 0.6) is 0 Å². The van der Waals surface area contributed by atoms with E-state index in [-0.39, 0.29) is 17.7 Å². The lowest BCUT2D eigenvalue weighted by atomic mass is 9.97. The molecule has 9 nitrogen and oxygen atoms in total. The second-order valence-electron chi connectivity index (χ2n) is 8.30. The SMILES string of the molecule is CCN(C(=O)c1csc(C2CCN(C(=O)c3cnn(-c4ccccc4)c3C)CC2)n1)c1nncs1. The number of hydrogen-bond donors (Lipinski definition) is 0. The average Bonchev–Trinajstić information content (AvgIpc) is 3.66. The highest BCUT2D eigenvalue weighted by Gasteiger charge is 2.29. The molecule has 0 radical (unpaired) electrons. The van der Waals surface area contributed by atoms with E-state index in [4.69, 9.17) is 0 Å². The van der Waals surface area contributed by atoms with Gasteiger partial charge in [-0.15, -0.1) is 21.5 Å². The number of carbonyl (C=O) groups excluding carboxylic acids is 2. The van der Waals surface area contributed by atoms with Crippen molar-refractivity contribution in [1.82, 2.24) is 29.9 Å². The lowest BCUT2D eigenvalue weighted by Gasteiger charge is -2.31. The van der Waals surface area contributed by atoms with E-state index in [0.717, 1.165) is 29.2 Å². The van der Waals surface area contributed by atoms with E-state index in [9.17, 15) is 9.59 Å². The number of piperidine rings is 1. The molecule has 11 heteroatoms. The highest BCUT2D eigenvalue weighted by atomic mass is 32.1. The monoisotopic (exact) mass is 507 g/mol. The fraction of sp³-hybridized carbons (Fsp3) is 0.333. The second kappa shape index (κ2) is 10.0. The summed E-state index contributed by atoms with van der Waals surface area (Å²) in [6.07, 6.45) is 3.28. The van der Waals surface area contributed by atoms with Gasteiger partial charge in [0.1, 0.15) is 11.2 Å². The molecule has 4 heterocycles. The molecule has 0 aliphatic carbocycles. The van der Waals surface area contributed by atoms with Crippen molar-refractivity contribution in [2.45, 2.75) is 32.6 Å². The van der Waals surface area contributed by atoms with Crippen LogP contribution in [0.4, 0.5) is 5.13 Å². The van der Waals surface area contributed by atoms with Gasteiger partial charge >= 0.3 is 0 Å². The number of benzene rings is 1. The first-order chi connectivity index (χ1) is 17.1. The molecule has 0 atom stereocenters. The Labute approximate surface area is 211 Å². The number of carbonyl (C=O) groups is 2. The van der Waals surface area contributed by atoms with Crippen LogP contribution in [0.1, 0.15) is 57.2 Å². The Kier molecular flexibility index (Phi) is 6.69. The van der Waals surface area contributed by atoms with Crippen LogP contribution >= 0.6 is 22.7 Å². The Balaban J connectivity index is 1.23. The summed E-state index contributed by atoms with van der Waals surface area (Å²) >= 11 is 2.84. The maximum atomic E-state index is 13.2. The van der Waals surface area contributed by atoms with Crippen molar-refractivity contribution in [3.8, 4) is 5.69 Å². The van der Waals surface area contributed by atoms with Crippen molar-refractivity contribution in [2.24, 2.45) is 0 Å². The molecule has 0 saturated carbocycles. The first-order valence-electron chi connectivity index (χ1n) is 11.5. The Morgan fingerprint density at radius 3 is 2.60 bits per heavy atom. The molecule has 0 N–H and O–H groups in total. The van der Waals surface area contributed by atoms with Crippen molar-refractivity contribution in [1.29, 1.82) is 0 Å². The third kappa shape index (κ3) is 4.61. The molecule has 5 rings (SSSR count). The summed E-state index contributed by atoms with van der Waals surface area (Å²) in [6.45, 7) is 5.63. The molecule has 1 aliphatic rings. The predicted octanol–water partition coefficient (Wildman–Crippen LogP) is 4.18. The van der Waals surface area contributed by atoms with Gasteiger partial charge in [-0.1, -0.05) is 29.5 Å². The van der Waals surface area contributed by atoms with Gasteiger partial charge < -0.3 is 4.90 Å². The summed E-state index contributed by atoms with van der Waals surface area (Å²) in [5, 5.41) is 15.6. The van der Waals surface area contributed by atoms with Crippen LogP contribution < -0.4 is 4.90 Å². The minimum Gasteiger partial charge on any atom is -0.338 e. The molecule has 1 fully saturated rings. The largest absolute Gasteiger partial charge is 0.338 e. The van der Waals surface area contributed by atoms with E-state index in [2.05, 4.69) is 20.3 Å². The summed E-state index contributed by atoms with van der Waals surface area (Å²) in [7, 11) is 0. The van der Waals surface area contributed by atoms with Crippen molar-refractivity contribution >= 4 is 39.6 Å². The van der Waals surface area contributed by atoms with Gasteiger partial charge in [0.25, 0.3) is 11.8 Å². The number of likely N-dealkylation sites (tertiary alicyclic amines) is 1. The number of rotatable bonds is 6. The third-order valence-electron chi connectivity index (χ3n) is 6.25. The van der Waals surface area contributed by atoms with E-state index in [1.54, 1.807) is 21.3 Å². The number of anilines is 1. The highest BCUT2D eigenvalue weighted by Crippen LogP contribution is 2.32. The van der Waals surface area contributed by atoms with Crippen LogP contribution in [0.15, 0.2) is 47.4 Å². The molecule has 1 aliphatic heterocycles. The van der Waals surface area contributed by atoms with Crippen LogP contribution in [0.2, 0.25) is 0 Å². The standard InChI is InChI=1S/C24H25N7O2S2/c1-3-30(24-28-25-15-35-24)23(33)20-14-34-21(27-20)17-9-11-29(12-10-17)22(32)19-13-26-31(16(19)2)18-7-5-4-6-8-18/h4-8,13-15,17H,3,9-12H2,1-2H3. The van der Waals surface area contributed by atoms with Crippen LogP contribution in [0, 0.1) is 6.92 Å². The number of para-hydroxylation sites is 1. The van der Waals surface area contributed by atoms with Gasteiger partial charge in [0.15, 0.2) is 0 Å². The van der Waals surface area contributed by atoms with Crippen molar-refractivity contribution in [3.05, 3.63) is 69.4 Å². The summed E-state index contributed by atoms with van der Waals surface area (Å²) in [5.41, 5.74) is 4.45. The smallest absolute Gasteiger partial charge is 0.279 e. The Hall–Kier alpha value is -3.44. The van der Waals surface area contributed by atoms with E-state index in [0.29, 0.717) is 36.0 Å². The zero-order chi connectivity index (χ0) is 24.4. The van der Waals surface area contributed by atoms with Crippen LogP contribution in [0.3, 0.4) is 0 Å². The highest BCUT2D eigenvalue weighted by molar-refractivity contribution is 7.13.